The van der Waals surface area contributed by atoms with Crippen molar-refractivity contribution in [3.8, 4) is 0 Å². The van der Waals surface area contributed by atoms with Crippen LogP contribution < -0.4 is 0 Å². The zero-order chi connectivity index (χ0) is 17.4. The maximum Gasteiger partial charge on any atom is 0.230 e. The van der Waals surface area contributed by atoms with Gasteiger partial charge in [-0.25, -0.2) is 9.97 Å². The first kappa shape index (κ1) is 16.2. The van der Waals surface area contributed by atoms with Crippen LogP contribution >= 0.6 is 0 Å². The second kappa shape index (κ2) is 6.22. The van der Waals surface area contributed by atoms with Gasteiger partial charge in [0.1, 0.15) is 17.2 Å². The Morgan fingerprint density at radius 3 is 2.84 bits per heavy atom. The monoisotopic (exact) mass is 342 g/mol. The Bertz CT molecular complexity index is 793. The number of hydrogen-bond donors (Lipinski definition) is 0. The number of likely N-dealkylation sites (tertiary alicyclic amines) is 1. The zero-order valence-corrected chi connectivity index (χ0v) is 14.6. The van der Waals surface area contributed by atoms with Gasteiger partial charge in [0.25, 0.3) is 0 Å². The minimum atomic E-state index is -0.374. The molecule has 0 aromatic carbocycles. The highest BCUT2D eigenvalue weighted by Crippen LogP contribution is 2.40. The molecule has 2 aliphatic rings. The lowest BCUT2D eigenvalue weighted by atomic mass is 9.83. The Kier molecular flexibility index (Phi) is 4.03. The molecule has 0 aliphatic carbocycles. The number of nitrogens with zero attached hydrogens (tertiary/aromatic N) is 4. The number of aromatic nitrogens is 3. The summed E-state index contributed by atoms with van der Waals surface area (Å²) < 4.78 is 11.3. The van der Waals surface area contributed by atoms with E-state index in [1.54, 1.807) is 0 Å². The number of aryl methyl sites for hydroxylation is 2. The smallest absolute Gasteiger partial charge is 0.230 e. The first-order chi connectivity index (χ1) is 12.1. The Morgan fingerprint density at radius 1 is 1.32 bits per heavy atom. The van der Waals surface area contributed by atoms with Crippen LogP contribution in [0.25, 0.3) is 0 Å². The van der Waals surface area contributed by atoms with E-state index in [1.807, 2.05) is 31.0 Å². The highest BCUT2D eigenvalue weighted by atomic mass is 16.5. The molecule has 25 heavy (non-hydrogen) atoms. The summed E-state index contributed by atoms with van der Waals surface area (Å²) in [7, 11) is 0. The average molecular weight is 342 g/mol. The molecule has 7 heteroatoms. The molecule has 1 fully saturated rings. The molecule has 0 saturated carbocycles. The summed E-state index contributed by atoms with van der Waals surface area (Å²) in [6.45, 7) is 5.76. The number of ether oxygens (including phenoxy) is 1. The molecule has 132 valence electrons. The van der Waals surface area contributed by atoms with E-state index in [4.69, 9.17) is 9.26 Å². The molecule has 0 N–H and O–H groups in total. The molecule has 1 spiro atoms. The van der Waals surface area contributed by atoms with E-state index in [-0.39, 0.29) is 17.9 Å². The van der Waals surface area contributed by atoms with Crippen molar-refractivity contribution in [2.45, 2.75) is 45.1 Å². The molecule has 2 aliphatic heterocycles. The van der Waals surface area contributed by atoms with Crippen LogP contribution in [0.2, 0.25) is 0 Å². The highest BCUT2D eigenvalue weighted by Gasteiger charge is 2.43. The largest absolute Gasteiger partial charge is 0.368 e. The lowest BCUT2D eigenvalue weighted by molar-refractivity contribution is -0.140. The van der Waals surface area contributed by atoms with Gasteiger partial charge in [-0.2, -0.15) is 0 Å². The molecule has 0 radical (unpaired) electrons. The van der Waals surface area contributed by atoms with Crippen LogP contribution in [-0.2, 0) is 28.0 Å². The molecule has 0 unspecified atom stereocenters. The van der Waals surface area contributed by atoms with Gasteiger partial charge in [-0.15, -0.1) is 0 Å². The maximum atomic E-state index is 12.5. The second-order valence-corrected chi connectivity index (χ2v) is 6.88. The molecule has 4 heterocycles. The summed E-state index contributed by atoms with van der Waals surface area (Å²) in [4.78, 5) is 23.4. The lowest BCUT2D eigenvalue weighted by Gasteiger charge is -2.44. The van der Waals surface area contributed by atoms with Crippen molar-refractivity contribution >= 4 is 5.91 Å². The van der Waals surface area contributed by atoms with Gasteiger partial charge >= 0.3 is 0 Å². The number of piperidine rings is 1. The summed E-state index contributed by atoms with van der Waals surface area (Å²) in [5.74, 6) is 1.45. The van der Waals surface area contributed by atoms with E-state index in [0.717, 1.165) is 36.5 Å². The van der Waals surface area contributed by atoms with E-state index in [9.17, 15) is 4.79 Å². The first-order valence-electron chi connectivity index (χ1n) is 8.73. The predicted molar refractivity (Wildman–Crippen MR) is 88.9 cm³/mol. The van der Waals surface area contributed by atoms with Gasteiger partial charge in [-0.3, -0.25) is 4.79 Å². The minimum Gasteiger partial charge on any atom is -0.368 e. The van der Waals surface area contributed by atoms with Crippen molar-refractivity contribution in [2.75, 3.05) is 19.7 Å². The van der Waals surface area contributed by atoms with Gasteiger partial charge in [-0.05, 0) is 38.7 Å². The Hall–Kier alpha value is -2.28. The van der Waals surface area contributed by atoms with Gasteiger partial charge in [0.2, 0.25) is 5.91 Å². The zero-order valence-electron chi connectivity index (χ0n) is 14.6. The van der Waals surface area contributed by atoms with Crippen LogP contribution in [0.1, 0.15) is 41.4 Å². The van der Waals surface area contributed by atoms with Gasteiger partial charge in [-0.1, -0.05) is 5.16 Å². The molecular weight excluding hydrogens is 320 g/mol. The molecule has 1 amide bonds. The number of amides is 1. The van der Waals surface area contributed by atoms with Crippen molar-refractivity contribution in [3.63, 3.8) is 0 Å². The number of fused-ring (bicyclic) bond motifs is 2. The molecule has 2 aromatic heterocycles. The van der Waals surface area contributed by atoms with E-state index in [2.05, 4.69) is 15.1 Å². The number of hydrogen-bond acceptors (Lipinski definition) is 6. The fourth-order valence-corrected chi connectivity index (χ4v) is 3.76. The summed E-state index contributed by atoms with van der Waals surface area (Å²) in [5.41, 5.74) is 2.61. The molecule has 1 saturated heterocycles. The second-order valence-electron chi connectivity index (χ2n) is 6.88. The van der Waals surface area contributed by atoms with Gasteiger partial charge in [0.15, 0.2) is 0 Å². The summed E-state index contributed by atoms with van der Waals surface area (Å²) in [5, 5.41) is 3.84. The van der Waals surface area contributed by atoms with Crippen molar-refractivity contribution < 1.29 is 14.1 Å². The van der Waals surface area contributed by atoms with Crippen LogP contribution in [0.5, 0.6) is 0 Å². The predicted octanol–water partition coefficient (Wildman–Crippen LogP) is 1.71. The topological polar surface area (TPSA) is 81.4 Å². The SMILES string of the molecule is Cc1cc(CC(=O)N2CCC3(CC2)OCCc2cnc(C)nc23)on1. The van der Waals surface area contributed by atoms with Crippen LogP contribution in [0, 0.1) is 13.8 Å². The number of rotatable bonds is 2. The van der Waals surface area contributed by atoms with Crippen LogP contribution in [0.15, 0.2) is 16.8 Å². The quantitative estimate of drug-likeness (QED) is 0.826. The van der Waals surface area contributed by atoms with Crippen LogP contribution in [0.4, 0.5) is 0 Å². The molecule has 0 atom stereocenters. The minimum absolute atomic E-state index is 0.0703. The number of carbonyl (C=O) groups is 1. The Labute approximate surface area is 146 Å². The summed E-state index contributed by atoms with van der Waals surface area (Å²) >= 11 is 0. The Morgan fingerprint density at radius 2 is 2.12 bits per heavy atom. The molecule has 4 rings (SSSR count). The fraction of sp³-hybridized carbons (Fsp3) is 0.556. The van der Waals surface area contributed by atoms with Crippen molar-refractivity contribution in [2.24, 2.45) is 0 Å². The van der Waals surface area contributed by atoms with Crippen molar-refractivity contribution in [1.82, 2.24) is 20.0 Å². The van der Waals surface area contributed by atoms with Crippen LogP contribution in [-0.4, -0.2) is 45.6 Å². The van der Waals surface area contributed by atoms with E-state index < -0.39 is 0 Å². The van der Waals surface area contributed by atoms with E-state index in [1.165, 1.54) is 5.56 Å². The summed E-state index contributed by atoms with van der Waals surface area (Å²) in [6, 6.07) is 1.81. The van der Waals surface area contributed by atoms with Crippen molar-refractivity contribution in [3.05, 3.63) is 40.8 Å². The van der Waals surface area contributed by atoms with E-state index >= 15 is 0 Å². The molecule has 2 aromatic rings. The third-order valence-electron chi connectivity index (χ3n) is 5.09. The molecule has 0 bridgehead atoms. The van der Waals surface area contributed by atoms with Crippen LogP contribution in [0.3, 0.4) is 0 Å². The first-order valence-corrected chi connectivity index (χ1v) is 8.73. The molecular formula is C18H22N4O3. The van der Waals surface area contributed by atoms with Gasteiger partial charge in [0, 0.05) is 25.4 Å². The third-order valence-corrected chi connectivity index (χ3v) is 5.09. The van der Waals surface area contributed by atoms with E-state index in [0.29, 0.717) is 25.5 Å². The number of carbonyl (C=O) groups excluding carboxylic acids is 1. The molecule has 7 nitrogen and oxygen atoms in total. The third kappa shape index (κ3) is 3.04. The maximum absolute atomic E-state index is 12.5. The highest BCUT2D eigenvalue weighted by molar-refractivity contribution is 5.78. The fourth-order valence-electron chi connectivity index (χ4n) is 3.76. The standard InChI is InChI=1S/C18H22N4O3/c1-12-9-15(25-21-12)10-16(23)22-6-4-18(5-7-22)17-14(3-8-24-18)11-19-13(2)20-17/h9,11H,3-8,10H2,1-2H3. The van der Waals surface area contributed by atoms with Gasteiger partial charge < -0.3 is 14.2 Å². The lowest BCUT2D eigenvalue weighted by Crippen LogP contribution is -2.49. The van der Waals surface area contributed by atoms with Crippen molar-refractivity contribution in [1.29, 1.82) is 0 Å². The Balaban J connectivity index is 1.47. The summed E-state index contributed by atoms with van der Waals surface area (Å²) in [6.07, 6.45) is 4.55. The average Bonchev–Trinajstić information content (AvgIpc) is 3.01. The normalized spacial score (nSPS) is 19.0. The van der Waals surface area contributed by atoms with Gasteiger partial charge in [0.05, 0.1) is 24.4 Å².